The van der Waals surface area contributed by atoms with E-state index in [1.165, 1.54) is 5.54 Å². The lowest BCUT2D eigenvalue weighted by atomic mass is 10.1. The number of rotatable bonds is 2. The molecule has 0 saturated carbocycles. The number of hydrogen-bond acceptors (Lipinski definition) is 3. The smallest absolute Gasteiger partial charge is 0.142 e. The van der Waals surface area contributed by atoms with E-state index in [4.69, 9.17) is 16.7 Å². The summed E-state index contributed by atoms with van der Waals surface area (Å²) in [5, 5.41) is 18.5. The van der Waals surface area contributed by atoms with Gasteiger partial charge in [-0.2, -0.15) is 0 Å². The maximum absolute atomic E-state index is 9.51. The zero-order valence-corrected chi connectivity index (χ0v) is 7.91. The number of aryl methyl sites for hydroxylation is 1. The lowest BCUT2D eigenvalue weighted by Gasteiger charge is -2.06. The summed E-state index contributed by atoms with van der Waals surface area (Å²) in [6.07, 6.45) is 3.12. The van der Waals surface area contributed by atoms with Crippen LogP contribution in [0.1, 0.15) is 16.8 Å². The second-order valence-electron chi connectivity index (χ2n) is 2.58. The van der Waals surface area contributed by atoms with E-state index in [1.54, 1.807) is 19.2 Å². The Balaban J connectivity index is 3.29. The molecule has 3 nitrogen and oxygen atoms in total. The Bertz CT molecular complexity index is 337. The van der Waals surface area contributed by atoms with Crippen molar-refractivity contribution in [3.05, 3.63) is 28.6 Å². The average molecular weight is 200 g/mol. The summed E-state index contributed by atoms with van der Waals surface area (Å²) in [4.78, 5) is 3.93. The molecule has 0 fully saturated rings. The van der Waals surface area contributed by atoms with Crippen molar-refractivity contribution in [1.29, 1.82) is 0 Å². The van der Waals surface area contributed by atoms with Gasteiger partial charge in [0.1, 0.15) is 5.75 Å². The lowest BCUT2D eigenvalue weighted by Crippen LogP contribution is -1.94. The highest BCUT2D eigenvalue weighted by Crippen LogP contribution is 2.24. The Kier molecular flexibility index (Phi) is 3.28. The summed E-state index contributed by atoms with van der Waals surface area (Å²) in [6.45, 7) is 1.44. The van der Waals surface area contributed by atoms with Crippen LogP contribution in [0.3, 0.4) is 0 Å². The summed E-state index contributed by atoms with van der Waals surface area (Å²) < 4.78 is 0. The molecule has 1 aromatic heterocycles. The predicted molar refractivity (Wildman–Crippen MR) is 51.4 cm³/mol. The Morgan fingerprint density at radius 2 is 2.31 bits per heavy atom. The SMILES string of the molecule is Cc1ncc(C=CCl)c(CO)c1O. The first kappa shape index (κ1) is 10.0. The van der Waals surface area contributed by atoms with E-state index in [-0.39, 0.29) is 12.4 Å². The van der Waals surface area contributed by atoms with Crippen molar-refractivity contribution in [2.45, 2.75) is 13.5 Å². The molecule has 0 aliphatic heterocycles. The molecular formula is C9H10ClNO2. The first-order valence-corrected chi connectivity index (χ1v) is 4.19. The number of aromatic hydroxyl groups is 1. The van der Waals surface area contributed by atoms with Crippen LogP contribution < -0.4 is 0 Å². The number of aromatic nitrogens is 1. The molecule has 1 rings (SSSR count). The normalized spacial score (nSPS) is 11.0. The maximum atomic E-state index is 9.51. The van der Waals surface area contributed by atoms with E-state index in [1.807, 2.05) is 0 Å². The van der Waals surface area contributed by atoms with Gasteiger partial charge in [-0.3, -0.25) is 4.98 Å². The molecular weight excluding hydrogens is 190 g/mol. The predicted octanol–water partition coefficient (Wildman–Crippen LogP) is 1.80. The summed E-state index contributed by atoms with van der Waals surface area (Å²) in [5.41, 5.74) is 2.88. The molecule has 0 atom stereocenters. The van der Waals surface area contributed by atoms with Gasteiger partial charge in [-0.25, -0.2) is 0 Å². The van der Waals surface area contributed by atoms with Crippen molar-refractivity contribution in [3.8, 4) is 5.75 Å². The molecule has 0 radical (unpaired) electrons. The molecule has 0 aliphatic carbocycles. The third-order valence-corrected chi connectivity index (χ3v) is 1.90. The zero-order chi connectivity index (χ0) is 9.84. The highest BCUT2D eigenvalue weighted by atomic mass is 35.5. The van der Waals surface area contributed by atoms with Crippen molar-refractivity contribution in [3.63, 3.8) is 0 Å². The molecule has 1 heterocycles. The van der Waals surface area contributed by atoms with Gasteiger partial charge in [0.05, 0.1) is 12.3 Å². The van der Waals surface area contributed by atoms with Crippen LogP contribution in [0.4, 0.5) is 0 Å². The highest BCUT2D eigenvalue weighted by molar-refractivity contribution is 6.27. The Labute approximate surface area is 81.3 Å². The van der Waals surface area contributed by atoms with Gasteiger partial charge in [0.25, 0.3) is 0 Å². The van der Waals surface area contributed by atoms with Gasteiger partial charge in [-0.05, 0) is 13.0 Å². The third kappa shape index (κ3) is 1.99. The van der Waals surface area contributed by atoms with E-state index in [9.17, 15) is 5.11 Å². The Hall–Kier alpha value is -1.06. The fraction of sp³-hybridized carbons (Fsp3) is 0.222. The van der Waals surface area contributed by atoms with Crippen molar-refractivity contribution in [2.75, 3.05) is 0 Å². The standard InChI is InChI=1S/C9H10ClNO2/c1-6-9(13)8(5-12)7(2-3-10)4-11-6/h2-4,12-13H,5H2,1H3. The molecule has 0 unspecified atom stereocenters. The number of hydrogen-bond donors (Lipinski definition) is 2. The second kappa shape index (κ2) is 4.25. The molecule has 0 aliphatic rings. The van der Waals surface area contributed by atoms with Crippen LogP contribution in [0.25, 0.3) is 6.08 Å². The molecule has 2 N–H and O–H groups in total. The van der Waals surface area contributed by atoms with Crippen molar-refractivity contribution in [2.24, 2.45) is 0 Å². The fourth-order valence-electron chi connectivity index (χ4n) is 1.04. The molecule has 4 heteroatoms. The molecule has 0 amide bonds. The Morgan fingerprint density at radius 1 is 1.62 bits per heavy atom. The van der Waals surface area contributed by atoms with E-state index < -0.39 is 0 Å². The van der Waals surface area contributed by atoms with Gasteiger partial charge in [0.2, 0.25) is 0 Å². The third-order valence-electron chi connectivity index (χ3n) is 1.77. The van der Waals surface area contributed by atoms with Crippen molar-refractivity contribution < 1.29 is 10.2 Å². The van der Waals surface area contributed by atoms with Gasteiger partial charge >= 0.3 is 0 Å². The van der Waals surface area contributed by atoms with E-state index >= 15 is 0 Å². The van der Waals surface area contributed by atoms with Crippen molar-refractivity contribution in [1.82, 2.24) is 4.98 Å². The van der Waals surface area contributed by atoms with E-state index in [2.05, 4.69) is 4.98 Å². The van der Waals surface area contributed by atoms with Gasteiger partial charge in [-0.15, -0.1) is 0 Å². The maximum Gasteiger partial charge on any atom is 0.142 e. The van der Waals surface area contributed by atoms with Gasteiger partial charge in [0, 0.05) is 22.9 Å². The van der Waals surface area contributed by atoms with Gasteiger partial charge in [0.15, 0.2) is 0 Å². The highest BCUT2D eigenvalue weighted by Gasteiger charge is 2.08. The van der Waals surface area contributed by atoms with E-state index in [0.717, 1.165) is 0 Å². The van der Waals surface area contributed by atoms with Crippen LogP contribution in [-0.2, 0) is 6.61 Å². The Morgan fingerprint density at radius 3 is 2.85 bits per heavy atom. The van der Waals surface area contributed by atoms with Crippen LogP contribution >= 0.6 is 11.6 Å². The molecule has 1 aromatic rings. The van der Waals surface area contributed by atoms with Crippen LogP contribution in [0.15, 0.2) is 11.7 Å². The molecule has 0 spiro atoms. The van der Waals surface area contributed by atoms with Crippen LogP contribution in [0.2, 0.25) is 0 Å². The molecule has 0 aromatic carbocycles. The average Bonchev–Trinajstić information content (AvgIpc) is 2.12. The second-order valence-corrected chi connectivity index (χ2v) is 2.83. The van der Waals surface area contributed by atoms with Gasteiger partial charge in [-0.1, -0.05) is 11.6 Å². The van der Waals surface area contributed by atoms with Crippen molar-refractivity contribution >= 4 is 17.7 Å². The summed E-state index contributed by atoms with van der Waals surface area (Å²) in [5.74, 6) is 0.0229. The lowest BCUT2D eigenvalue weighted by molar-refractivity contribution is 0.274. The summed E-state index contributed by atoms with van der Waals surface area (Å²) in [6, 6.07) is 0. The number of halogens is 1. The molecule has 0 saturated heterocycles. The number of aliphatic hydroxyl groups is 1. The van der Waals surface area contributed by atoms with Crippen LogP contribution in [0, 0.1) is 6.92 Å². The number of nitrogens with zero attached hydrogens (tertiary/aromatic N) is 1. The largest absolute Gasteiger partial charge is 0.506 e. The topological polar surface area (TPSA) is 53.4 Å². The summed E-state index contributed by atoms with van der Waals surface area (Å²) >= 11 is 5.39. The molecule has 13 heavy (non-hydrogen) atoms. The van der Waals surface area contributed by atoms with E-state index in [0.29, 0.717) is 16.8 Å². The van der Waals surface area contributed by atoms with Crippen LogP contribution in [0.5, 0.6) is 5.75 Å². The number of pyridine rings is 1. The van der Waals surface area contributed by atoms with Gasteiger partial charge < -0.3 is 10.2 Å². The number of aliphatic hydroxyl groups excluding tert-OH is 1. The van der Waals surface area contributed by atoms with Crippen LogP contribution in [-0.4, -0.2) is 15.2 Å². The molecule has 0 bridgehead atoms. The first-order chi connectivity index (χ1) is 6.20. The minimum Gasteiger partial charge on any atom is -0.506 e. The first-order valence-electron chi connectivity index (χ1n) is 3.75. The minimum absolute atomic E-state index is 0.0229. The monoisotopic (exact) mass is 199 g/mol. The quantitative estimate of drug-likeness (QED) is 0.764. The summed E-state index contributed by atoms with van der Waals surface area (Å²) in [7, 11) is 0. The minimum atomic E-state index is -0.230. The zero-order valence-electron chi connectivity index (χ0n) is 7.16. The fourth-order valence-corrected chi connectivity index (χ4v) is 1.17. The molecule has 70 valence electrons.